The number of amides is 2. The summed E-state index contributed by atoms with van der Waals surface area (Å²) >= 11 is 1.32. The summed E-state index contributed by atoms with van der Waals surface area (Å²) in [6.07, 6.45) is 0.410. The maximum absolute atomic E-state index is 11.8. The van der Waals surface area contributed by atoms with Crippen LogP contribution < -0.4 is 16.4 Å². The molecule has 0 unspecified atom stereocenters. The van der Waals surface area contributed by atoms with Crippen molar-refractivity contribution in [1.82, 2.24) is 5.32 Å². The van der Waals surface area contributed by atoms with Crippen LogP contribution in [0.25, 0.3) is 0 Å². The number of nitrogens with two attached hydrogens (primary N) is 1. The van der Waals surface area contributed by atoms with E-state index in [4.69, 9.17) is 5.73 Å². The number of primary amides is 1. The van der Waals surface area contributed by atoms with E-state index in [2.05, 4.69) is 10.6 Å². The highest BCUT2D eigenvalue weighted by Crippen LogP contribution is 2.26. The third-order valence-corrected chi connectivity index (χ3v) is 3.53. The van der Waals surface area contributed by atoms with Crippen LogP contribution >= 0.6 is 11.8 Å². The number of carbonyl (C=O) groups excluding carboxylic acids is 2. The summed E-state index contributed by atoms with van der Waals surface area (Å²) < 4.78 is 0. The fraction of sp³-hybridized carbons (Fsp3) is 0.429. The molecule has 6 heteroatoms. The van der Waals surface area contributed by atoms with Crippen LogP contribution in [-0.4, -0.2) is 30.2 Å². The van der Waals surface area contributed by atoms with Crippen molar-refractivity contribution in [1.29, 1.82) is 0 Å². The Morgan fingerprint density at radius 3 is 2.65 bits per heavy atom. The van der Waals surface area contributed by atoms with E-state index < -0.39 is 0 Å². The van der Waals surface area contributed by atoms with Gasteiger partial charge < -0.3 is 16.4 Å². The van der Waals surface area contributed by atoms with Gasteiger partial charge in [-0.25, -0.2) is 0 Å². The van der Waals surface area contributed by atoms with Gasteiger partial charge in [0.15, 0.2) is 0 Å². The lowest BCUT2D eigenvalue weighted by molar-refractivity contribution is -0.116. The van der Waals surface area contributed by atoms with E-state index >= 15 is 0 Å². The SMILES string of the molecule is CC(C)NCCC(=O)Nc1ccccc1SCC(N)=O. The van der Waals surface area contributed by atoms with Crippen LogP contribution in [0.15, 0.2) is 29.2 Å². The number of nitrogens with one attached hydrogen (secondary N) is 2. The number of rotatable bonds is 8. The van der Waals surface area contributed by atoms with Crippen LogP contribution in [0.3, 0.4) is 0 Å². The van der Waals surface area contributed by atoms with E-state index in [0.717, 1.165) is 4.90 Å². The van der Waals surface area contributed by atoms with Gasteiger partial charge in [0.2, 0.25) is 11.8 Å². The third kappa shape index (κ3) is 6.58. The molecule has 0 radical (unpaired) electrons. The summed E-state index contributed by atoms with van der Waals surface area (Å²) in [4.78, 5) is 23.5. The molecule has 2 amide bonds. The van der Waals surface area contributed by atoms with Gasteiger partial charge in [-0.1, -0.05) is 26.0 Å². The monoisotopic (exact) mass is 295 g/mol. The molecule has 0 aliphatic rings. The summed E-state index contributed by atoms with van der Waals surface area (Å²) in [7, 11) is 0. The second-order valence-corrected chi connectivity index (χ2v) is 5.68. The lowest BCUT2D eigenvalue weighted by atomic mass is 10.3. The van der Waals surface area contributed by atoms with Crippen molar-refractivity contribution in [3.63, 3.8) is 0 Å². The highest BCUT2D eigenvalue weighted by molar-refractivity contribution is 8.00. The fourth-order valence-electron chi connectivity index (χ4n) is 1.53. The fourth-order valence-corrected chi connectivity index (χ4v) is 2.28. The Morgan fingerprint density at radius 2 is 2.00 bits per heavy atom. The topological polar surface area (TPSA) is 84.2 Å². The highest BCUT2D eigenvalue weighted by atomic mass is 32.2. The average molecular weight is 295 g/mol. The van der Waals surface area contributed by atoms with Gasteiger partial charge in [-0.3, -0.25) is 9.59 Å². The highest BCUT2D eigenvalue weighted by Gasteiger charge is 2.08. The van der Waals surface area contributed by atoms with Gasteiger partial charge in [0.25, 0.3) is 0 Å². The van der Waals surface area contributed by atoms with E-state index in [1.54, 1.807) is 0 Å². The minimum absolute atomic E-state index is 0.0507. The van der Waals surface area contributed by atoms with Gasteiger partial charge >= 0.3 is 0 Å². The molecule has 0 aliphatic carbocycles. The van der Waals surface area contributed by atoms with E-state index in [0.29, 0.717) is 24.7 Å². The zero-order chi connectivity index (χ0) is 15.0. The Labute approximate surface area is 123 Å². The first-order chi connectivity index (χ1) is 9.49. The largest absolute Gasteiger partial charge is 0.369 e. The molecule has 110 valence electrons. The number of benzene rings is 1. The summed E-state index contributed by atoms with van der Waals surface area (Å²) in [5.74, 6) is -0.232. The van der Waals surface area contributed by atoms with E-state index in [-0.39, 0.29) is 17.6 Å². The van der Waals surface area contributed by atoms with Crippen molar-refractivity contribution in [2.45, 2.75) is 31.2 Å². The van der Waals surface area contributed by atoms with E-state index in [1.807, 2.05) is 38.1 Å². The Morgan fingerprint density at radius 1 is 1.30 bits per heavy atom. The number of hydrogen-bond donors (Lipinski definition) is 3. The number of carbonyl (C=O) groups is 2. The van der Waals surface area contributed by atoms with Crippen LogP contribution in [-0.2, 0) is 9.59 Å². The molecule has 20 heavy (non-hydrogen) atoms. The lowest BCUT2D eigenvalue weighted by Crippen LogP contribution is -2.27. The maximum atomic E-state index is 11.8. The molecule has 0 spiro atoms. The second-order valence-electron chi connectivity index (χ2n) is 4.66. The molecule has 0 bridgehead atoms. The van der Waals surface area contributed by atoms with Crippen molar-refractivity contribution < 1.29 is 9.59 Å². The Balaban J connectivity index is 2.53. The maximum Gasteiger partial charge on any atom is 0.227 e. The summed E-state index contributed by atoms with van der Waals surface area (Å²) in [5.41, 5.74) is 5.85. The summed E-state index contributed by atoms with van der Waals surface area (Å²) in [6, 6.07) is 7.74. The molecular formula is C14H21N3O2S. The summed E-state index contributed by atoms with van der Waals surface area (Å²) in [6.45, 7) is 4.71. The number of thioether (sulfide) groups is 1. The molecule has 0 saturated heterocycles. The number of hydrogen-bond acceptors (Lipinski definition) is 4. The minimum atomic E-state index is -0.378. The van der Waals surface area contributed by atoms with Crippen LogP contribution in [0.1, 0.15) is 20.3 Å². The first-order valence-corrected chi connectivity index (χ1v) is 7.51. The molecule has 0 heterocycles. The smallest absolute Gasteiger partial charge is 0.227 e. The van der Waals surface area contributed by atoms with Crippen molar-refractivity contribution in [2.75, 3.05) is 17.6 Å². The van der Waals surface area contributed by atoms with Gasteiger partial charge in [-0.2, -0.15) is 0 Å². The molecule has 0 fully saturated rings. The molecule has 4 N–H and O–H groups in total. The normalized spacial score (nSPS) is 10.6. The minimum Gasteiger partial charge on any atom is -0.369 e. The zero-order valence-electron chi connectivity index (χ0n) is 11.8. The third-order valence-electron chi connectivity index (χ3n) is 2.44. The Bertz CT molecular complexity index is 463. The van der Waals surface area contributed by atoms with Crippen molar-refractivity contribution in [2.24, 2.45) is 5.73 Å². The van der Waals surface area contributed by atoms with Gasteiger partial charge in [0, 0.05) is 23.9 Å². The van der Waals surface area contributed by atoms with Crippen molar-refractivity contribution in [3.05, 3.63) is 24.3 Å². The van der Waals surface area contributed by atoms with Crippen molar-refractivity contribution in [3.8, 4) is 0 Å². The van der Waals surface area contributed by atoms with Crippen LogP contribution in [0.2, 0.25) is 0 Å². The van der Waals surface area contributed by atoms with Gasteiger partial charge in [0.05, 0.1) is 11.4 Å². The molecule has 1 aromatic rings. The molecule has 1 aromatic carbocycles. The van der Waals surface area contributed by atoms with E-state index in [1.165, 1.54) is 11.8 Å². The molecule has 0 saturated carbocycles. The first-order valence-electron chi connectivity index (χ1n) is 6.52. The van der Waals surface area contributed by atoms with Gasteiger partial charge in [0.1, 0.15) is 0 Å². The summed E-state index contributed by atoms with van der Waals surface area (Å²) in [5, 5.41) is 6.05. The van der Waals surface area contributed by atoms with Crippen LogP contribution in [0.4, 0.5) is 5.69 Å². The Hall–Kier alpha value is -1.53. The predicted molar refractivity (Wildman–Crippen MR) is 82.7 cm³/mol. The molecule has 5 nitrogen and oxygen atoms in total. The van der Waals surface area contributed by atoms with Crippen molar-refractivity contribution >= 4 is 29.3 Å². The molecule has 0 aliphatic heterocycles. The average Bonchev–Trinajstić information content (AvgIpc) is 2.37. The molecule has 0 aromatic heterocycles. The molecular weight excluding hydrogens is 274 g/mol. The van der Waals surface area contributed by atoms with Gasteiger partial charge in [-0.15, -0.1) is 11.8 Å². The quantitative estimate of drug-likeness (QED) is 0.636. The van der Waals surface area contributed by atoms with E-state index in [9.17, 15) is 9.59 Å². The first kappa shape index (κ1) is 16.5. The molecule has 0 atom stereocenters. The van der Waals surface area contributed by atoms with Gasteiger partial charge in [-0.05, 0) is 12.1 Å². The number of anilines is 1. The lowest BCUT2D eigenvalue weighted by Gasteiger charge is -2.11. The van der Waals surface area contributed by atoms with Crippen LogP contribution in [0, 0.1) is 0 Å². The molecule has 1 rings (SSSR count). The standard InChI is InChI=1S/C14H21N3O2S/c1-10(2)16-8-7-14(19)17-11-5-3-4-6-12(11)20-9-13(15)18/h3-6,10,16H,7-9H2,1-2H3,(H2,15,18)(H,17,19). The zero-order valence-corrected chi connectivity index (χ0v) is 12.6. The Kier molecular flexibility index (Phi) is 7.11. The number of para-hydroxylation sites is 1. The predicted octanol–water partition coefficient (Wildman–Crippen LogP) is 1.59. The second kappa shape index (κ2) is 8.60. The van der Waals surface area contributed by atoms with Crippen LogP contribution in [0.5, 0.6) is 0 Å².